The summed E-state index contributed by atoms with van der Waals surface area (Å²) in [5.74, 6) is 0.529. The first kappa shape index (κ1) is 8.57. The normalized spacial score (nSPS) is 20.2. The van der Waals surface area contributed by atoms with Crippen LogP contribution in [-0.4, -0.2) is 24.0 Å². The summed E-state index contributed by atoms with van der Waals surface area (Å²) in [4.78, 5) is 6.54. The topological polar surface area (TPSA) is 15.6 Å². The van der Waals surface area contributed by atoms with Gasteiger partial charge < -0.3 is 4.90 Å². The van der Waals surface area contributed by atoms with Crippen molar-refractivity contribution in [3.8, 4) is 0 Å². The predicted molar refractivity (Wildman–Crippen MR) is 54.0 cm³/mol. The Kier molecular flexibility index (Phi) is 2.23. The lowest BCUT2D eigenvalue weighted by atomic mass is 10.2. The Bertz CT molecular complexity index is 413. The monoisotopic (exact) mass is 194 g/mol. The predicted octanol–water partition coefficient (Wildman–Crippen LogP) is 0.554. The van der Waals surface area contributed by atoms with E-state index >= 15 is 0 Å². The van der Waals surface area contributed by atoms with Gasteiger partial charge in [0.15, 0.2) is 0 Å². The third-order valence-corrected chi connectivity index (χ3v) is 2.45. The lowest BCUT2D eigenvalue weighted by Gasteiger charge is -2.23. The Hall–Kier alpha value is -1.02. The van der Waals surface area contributed by atoms with Gasteiger partial charge in [-0.2, -0.15) is 0 Å². The SMILES string of the molecule is CN1C=c2ccccc2=NC1CCl. The summed E-state index contributed by atoms with van der Waals surface area (Å²) in [6.07, 6.45) is 2.16. The summed E-state index contributed by atoms with van der Waals surface area (Å²) >= 11 is 5.79. The summed E-state index contributed by atoms with van der Waals surface area (Å²) < 4.78 is 0. The second kappa shape index (κ2) is 3.38. The Balaban J connectivity index is 2.59. The van der Waals surface area contributed by atoms with E-state index in [1.54, 1.807) is 0 Å². The molecule has 1 unspecified atom stereocenters. The van der Waals surface area contributed by atoms with Crippen LogP contribution >= 0.6 is 11.6 Å². The fourth-order valence-corrected chi connectivity index (χ4v) is 1.70. The van der Waals surface area contributed by atoms with E-state index in [0.717, 1.165) is 10.6 Å². The zero-order chi connectivity index (χ0) is 9.26. The highest BCUT2D eigenvalue weighted by molar-refractivity contribution is 6.18. The van der Waals surface area contributed by atoms with Gasteiger partial charge in [0.25, 0.3) is 0 Å². The third-order valence-electron chi connectivity index (χ3n) is 2.18. The Morgan fingerprint density at radius 2 is 2.23 bits per heavy atom. The maximum absolute atomic E-state index is 5.79. The Labute approximate surface area is 82.2 Å². The number of nitrogens with zero attached hydrogens (tertiary/aromatic N) is 2. The van der Waals surface area contributed by atoms with E-state index in [2.05, 4.69) is 17.3 Å². The summed E-state index contributed by atoms with van der Waals surface area (Å²) in [6, 6.07) is 8.07. The highest BCUT2D eigenvalue weighted by atomic mass is 35.5. The summed E-state index contributed by atoms with van der Waals surface area (Å²) in [5, 5.41) is 2.19. The van der Waals surface area contributed by atoms with Crippen LogP contribution in [0.2, 0.25) is 0 Å². The van der Waals surface area contributed by atoms with Crippen LogP contribution in [0, 0.1) is 0 Å². The number of hydrogen-bond acceptors (Lipinski definition) is 2. The summed E-state index contributed by atoms with van der Waals surface area (Å²) in [7, 11) is 1.99. The molecule has 0 aromatic heterocycles. The molecule has 0 saturated carbocycles. The van der Waals surface area contributed by atoms with E-state index in [9.17, 15) is 0 Å². The van der Waals surface area contributed by atoms with Crippen molar-refractivity contribution in [1.29, 1.82) is 0 Å². The Morgan fingerprint density at radius 1 is 1.46 bits per heavy atom. The molecule has 0 saturated heterocycles. The van der Waals surface area contributed by atoms with Crippen molar-refractivity contribution >= 4 is 17.8 Å². The smallest absolute Gasteiger partial charge is 0.134 e. The summed E-state index contributed by atoms with van der Waals surface area (Å²) in [6.45, 7) is 0. The van der Waals surface area contributed by atoms with Crippen LogP contribution in [0.1, 0.15) is 0 Å². The first-order valence-electron chi connectivity index (χ1n) is 4.24. The number of rotatable bonds is 1. The molecule has 1 aliphatic rings. The molecule has 0 bridgehead atoms. The molecule has 0 fully saturated rings. The molecule has 1 aliphatic heterocycles. The molecule has 0 spiro atoms. The molecule has 0 radical (unpaired) electrons. The molecule has 1 aromatic rings. The Morgan fingerprint density at radius 3 is 3.00 bits per heavy atom. The highest BCUT2D eigenvalue weighted by Gasteiger charge is 2.11. The molecule has 68 valence electrons. The molecule has 1 aromatic carbocycles. The molecule has 1 heterocycles. The number of halogens is 1. The van der Waals surface area contributed by atoms with Crippen molar-refractivity contribution in [2.24, 2.45) is 4.99 Å². The molecular formula is C10H11ClN2. The minimum atomic E-state index is 0.0802. The van der Waals surface area contributed by atoms with Crippen LogP contribution in [0.3, 0.4) is 0 Å². The molecule has 1 atom stereocenters. The zero-order valence-corrected chi connectivity index (χ0v) is 8.20. The van der Waals surface area contributed by atoms with E-state index in [0.29, 0.717) is 5.88 Å². The quantitative estimate of drug-likeness (QED) is 0.597. The molecule has 0 N–H and O–H groups in total. The van der Waals surface area contributed by atoms with Gasteiger partial charge in [0.05, 0.1) is 11.2 Å². The van der Waals surface area contributed by atoms with Crippen molar-refractivity contribution in [2.45, 2.75) is 6.17 Å². The van der Waals surface area contributed by atoms with Crippen LogP contribution in [0.4, 0.5) is 0 Å². The van der Waals surface area contributed by atoms with Gasteiger partial charge in [-0.1, -0.05) is 18.2 Å². The fourth-order valence-electron chi connectivity index (χ4n) is 1.41. The van der Waals surface area contributed by atoms with Gasteiger partial charge in [0, 0.05) is 18.5 Å². The van der Waals surface area contributed by atoms with E-state index in [1.165, 1.54) is 0 Å². The summed E-state index contributed by atoms with van der Waals surface area (Å²) in [5.41, 5.74) is 0. The second-order valence-electron chi connectivity index (χ2n) is 3.12. The van der Waals surface area contributed by atoms with Crippen LogP contribution in [-0.2, 0) is 0 Å². The molecule has 2 nitrogen and oxygen atoms in total. The number of alkyl halides is 1. The number of benzene rings is 1. The van der Waals surface area contributed by atoms with Crippen LogP contribution in [0.5, 0.6) is 0 Å². The average molecular weight is 195 g/mol. The van der Waals surface area contributed by atoms with E-state index in [4.69, 9.17) is 11.6 Å². The molecule has 3 heteroatoms. The highest BCUT2D eigenvalue weighted by Crippen LogP contribution is 2.02. The van der Waals surface area contributed by atoms with Gasteiger partial charge in [-0.15, -0.1) is 11.6 Å². The van der Waals surface area contributed by atoms with Gasteiger partial charge in [-0.3, -0.25) is 4.99 Å². The number of hydrogen-bond donors (Lipinski definition) is 0. The fraction of sp³-hybridized carbons (Fsp3) is 0.300. The van der Waals surface area contributed by atoms with Crippen LogP contribution in [0.15, 0.2) is 29.3 Å². The van der Waals surface area contributed by atoms with Crippen molar-refractivity contribution in [1.82, 2.24) is 4.90 Å². The molecule has 2 rings (SSSR count). The number of fused-ring (bicyclic) bond motifs is 1. The van der Waals surface area contributed by atoms with Crippen molar-refractivity contribution in [3.05, 3.63) is 34.8 Å². The largest absolute Gasteiger partial charge is 0.357 e. The van der Waals surface area contributed by atoms with Crippen molar-refractivity contribution in [2.75, 3.05) is 12.9 Å². The van der Waals surface area contributed by atoms with Gasteiger partial charge >= 0.3 is 0 Å². The molecule has 0 amide bonds. The zero-order valence-electron chi connectivity index (χ0n) is 7.44. The van der Waals surface area contributed by atoms with Crippen molar-refractivity contribution in [3.63, 3.8) is 0 Å². The van der Waals surface area contributed by atoms with E-state index < -0.39 is 0 Å². The van der Waals surface area contributed by atoms with E-state index in [1.807, 2.05) is 30.1 Å². The minimum Gasteiger partial charge on any atom is -0.357 e. The van der Waals surface area contributed by atoms with Crippen LogP contribution in [0.25, 0.3) is 6.20 Å². The average Bonchev–Trinajstić information content (AvgIpc) is 2.17. The van der Waals surface area contributed by atoms with Gasteiger partial charge in [0.1, 0.15) is 6.17 Å². The molecular weight excluding hydrogens is 184 g/mol. The minimum absolute atomic E-state index is 0.0802. The van der Waals surface area contributed by atoms with Gasteiger partial charge in [0.2, 0.25) is 0 Å². The van der Waals surface area contributed by atoms with Gasteiger partial charge in [-0.25, -0.2) is 0 Å². The van der Waals surface area contributed by atoms with Crippen molar-refractivity contribution < 1.29 is 0 Å². The van der Waals surface area contributed by atoms with Gasteiger partial charge in [-0.05, 0) is 6.07 Å². The first-order valence-corrected chi connectivity index (χ1v) is 4.77. The maximum atomic E-state index is 5.79. The number of para-hydroxylation sites is 1. The van der Waals surface area contributed by atoms with E-state index in [-0.39, 0.29) is 6.17 Å². The first-order chi connectivity index (χ1) is 6.31. The third kappa shape index (κ3) is 1.54. The lowest BCUT2D eigenvalue weighted by Crippen LogP contribution is -2.40. The second-order valence-corrected chi connectivity index (χ2v) is 3.43. The maximum Gasteiger partial charge on any atom is 0.134 e. The lowest BCUT2D eigenvalue weighted by molar-refractivity contribution is 0.385. The molecule has 13 heavy (non-hydrogen) atoms. The molecule has 0 aliphatic carbocycles. The van der Waals surface area contributed by atoms with Crippen LogP contribution < -0.4 is 10.6 Å². The standard InChI is InChI=1S/C10H11ClN2/c1-13-7-8-4-2-3-5-9(8)12-10(13)6-11/h2-5,7,10H,6H2,1H3.